The number of hydrazone groups is 1. The summed E-state index contributed by atoms with van der Waals surface area (Å²) < 4.78 is 49.4. The zero-order chi connectivity index (χ0) is 24.6. The Morgan fingerprint density at radius 1 is 1.37 bits per heavy atom. The van der Waals surface area contributed by atoms with Crippen molar-refractivity contribution in [2.24, 2.45) is 5.10 Å². The molecule has 1 saturated heterocycles. The van der Waals surface area contributed by atoms with Gasteiger partial charge >= 0.3 is 6.36 Å². The average molecular weight is 490 g/mol. The van der Waals surface area contributed by atoms with E-state index in [1.54, 1.807) is 22.0 Å². The lowest BCUT2D eigenvalue weighted by Crippen LogP contribution is -2.46. The molecular formula is C21H21F3N8O3. The Labute approximate surface area is 197 Å². The highest BCUT2D eigenvalue weighted by molar-refractivity contribution is 5.99. The predicted octanol–water partition coefficient (Wildman–Crippen LogP) is 1.40. The first-order valence-corrected chi connectivity index (χ1v) is 11.0. The van der Waals surface area contributed by atoms with Gasteiger partial charge in [-0.3, -0.25) is 14.9 Å². The van der Waals surface area contributed by atoms with Crippen molar-refractivity contribution in [2.75, 3.05) is 6.54 Å². The molecular weight excluding hydrogens is 469 g/mol. The number of aromatic nitrogens is 3. The number of rotatable bonds is 7. The lowest BCUT2D eigenvalue weighted by molar-refractivity contribution is -0.274. The molecule has 1 aromatic carbocycles. The van der Waals surface area contributed by atoms with Crippen LogP contribution in [0, 0.1) is 11.5 Å². The van der Waals surface area contributed by atoms with Gasteiger partial charge in [0.15, 0.2) is 6.19 Å². The van der Waals surface area contributed by atoms with Crippen LogP contribution >= 0.6 is 0 Å². The fourth-order valence-electron chi connectivity index (χ4n) is 4.32. The third-order valence-electron chi connectivity index (χ3n) is 6.01. The van der Waals surface area contributed by atoms with E-state index in [0.29, 0.717) is 25.1 Å². The Balaban J connectivity index is 1.22. The van der Waals surface area contributed by atoms with Gasteiger partial charge < -0.3 is 19.7 Å². The highest BCUT2D eigenvalue weighted by Crippen LogP contribution is 2.43. The van der Waals surface area contributed by atoms with Crippen LogP contribution in [0.25, 0.3) is 0 Å². The van der Waals surface area contributed by atoms with Crippen LogP contribution in [0.1, 0.15) is 36.3 Å². The van der Waals surface area contributed by atoms with E-state index in [1.807, 2.05) is 0 Å². The molecule has 1 aliphatic carbocycles. The molecule has 1 amide bonds. The zero-order valence-corrected chi connectivity index (χ0v) is 18.3. The van der Waals surface area contributed by atoms with Crippen molar-refractivity contribution < 1.29 is 27.4 Å². The van der Waals surface area contributed by atoms with Crippen LogP contribution in [-0.2, 0) is 16.1 Å². The molecule has 2 aromatic rings. The van der Waals surface area contributed by atoms with Crippen LogP contribution < -0.4 is 15.5 Å². The lowest BCUT2D eigenvalue weighted by atomic mass is 10.0. The maximum absolute atomic E-state index is 12.8. The molecule has 3 heterocycles. The molecule has 3 aliphatic rings. The van der Waals surface area contributed by atoms with Gasteiger partial charge in [0.25, 0.3) is 12.1 Å². The Kier molecular flexibility index (Phi) is 5.83. The first kappa shape index (κ1) is 22.8. The number of nitrogens with zero attached hydrogens (tertiary/aromatic N) is 6. The van der Waals surface area contributed by atoms with Crippen LogP contribution in [0.15, 0.2) is 36.0 Å². The van der Waals surface area contributed by atoms with Gasteiger partial charge in [-0.15, -0.1) is 18.3 Å². The largest absolute Gasteiger partial charge is 0.573 e. The molecule has 1 unspecified atom stereocenters. The van der Waals surface area contributed by atoms with Crippen molar-refractivity contribution in [3.05, 3.63) is 42.0 Å². The van der Waals surface area contributed by atoms with E-state index in [9.17, 15) is 23.2 Å². The molecule has 0 bridgehead atoms. The maximum Gasteiger partial charge on any atom is 0.573 e. The summed E-state index contributed by atoms with van der Waals surface area (Å²) in [5.41, 5.74) is 3.73. The summed E-state index contributed by atoms with van der Waals surface area (Å²) in [7, 11) is 0. The van der Waals surface area contributed by atoms with Gasteiger partial charge in [-0.05, 0) is 42.9 Å². The molecule has 1 aromatic heterocycles. The van der Waals surface area contributed by atoms with Gasteiger partial charge in [0.1, 0.15) is 18.4 Å². The van der Waals surface area contributed by atoms with Crippen LogP contribution in [0.5, 0.6) is 5.75 Å². The van der Waals surface area contributed by atoms with E-state index in [-0.39, 0.29) is 23.9 Å². The Morgan fingerprint density at radius 3 is 2.89 bits per heavy atom. The van der Waals surface area contributed by atoms with Gasteiger partial charge in [-0.1, -0.05) is 6.07 Å². The maximum atomic E-state index is 12.8. The average Bonchev–Trinajstić information content (AvgIpc) is 3.18. The smallest absolute Gasteiger partial charge is 0.441 e. The fourth-order valence-corrected chi connectivity index (χ4v) is 4.32. The highest BCUT2D eigenvalue weighted by Gasteiger charge is 2.38. The number of benzene rings is 1. The van der Waals surface area contributed by atoms with Gasteiger partial charge in [0, 0.05) is 18.2 Å². The number of amides is 1. The second-order valence-corrected chi connectivity index (χ2v) is 8.58. The predicted molar refractivity (Wildman–Crippen MR) is 112 cm³/mol. The Bertz CT molecular complexity index is 1160. The number of nitriles is 1. The summed E-state index contributed by atoms with van der Waals surface area (Å²) in [5.74, 6) is -0.670. The van der Waals surface area contributed by atoms with Crippen LogP contribution in [-0.4, -0.2) is 62.7 Å². The second kappa shape index (κ2) is 8.97. The topological polar surface area (TPSA) is 130 Å². The normalized spacial score (nSPS) is 23.8. The molecule has 1 saturated carbocycles. The number of carbonyl (C=O) groups is 1. The molecule has 184 valence electrons. The van der Waals surface area contributed by atoms with Crippen molar-refractivity contribution in [2.45, 2.75) is 56.4 Å². The van der Waals surface area contributed by atoms with E-state index in [1.165, 1.54) is 18.5 Å². The van der Waals surface area contributed by atoms with Crippen molar-refractivity contribution in [1.82, 2.24) is 30.4 Å². The minimum absolute atomic E-state index is 0.0220. The van der Waals surface area contributed by atoms with Gasteiger partial charge in [0.05, 0.1) is 12.6 Å². The number of carbonyl (C=O) groups excluding carboxylic acids is 1. The molecule has 0 spiro atoms. The number of hydrogen-bond donors (Lipinski definition) is 2. The van der Waals surface area contributed by atoms with Crippen molar-refractivity contribution >= 4 is 11.8 Å². The number of halogens is 3. The number of likely N-dealkylation sites (tertiary alicyclic amines) is 1. The summed E-state index contributed by atoms with van der Waals surface area (Å²) in [6.45, 7) is 0.774. The fraction of sp³-hybridized carbons (Fsp3) is 0.476. The lowest BCUT2D eigenvalue weighted by Gasteiger charge is -2.17. The van der Waals surface area contributed by atoms with Gasteiger partial charge in [-0.2, -0.15) is 10.4 Å². The monoisotopic (exact) mass is 490 g/mol. The first-order chi connectivity index (χ1) is 16.8. The van der Waals surface area contributed by atoms with E-state index in [0.717, 1.165) is 18.4 Å². The van der Waals surface area contributed by atoms with Crippen LogP contribution in [0.3, 0.4) is 0 Å². The molecule has 14 heteroatoms. The molecule has 3 atom stereocenters. The SMILES string of the molecule is N#CN1C[C@H](NC(=O)C2NN=C(c3cc(OC(F)(F)F)ccc3C3CC3)O2)C[C@H]1Cn1cncn1. The third kappa shape index (κ3) is 5.23. The van der Waals surface area contributed by atoms with Gasteiger partial charge in [0.2, 0.25) is 5.90 Å². The summed E-state index contributed by atoms with van der Waals surface area (Å²) in [6, 6.07) is 3.58. The number of ether oxygens (including phenoxy) is 2. The second-order valence-electron chi connectivity index (χ2n) is 8.58. The van der Waals surface area contributed by atoms with Crippen molar-refractivity contribution in [3.8, 4) is 11.9 Å². The molecule has 35 heavy (non-hydrogen) atoms. The summed E-state index contributed by atoms with van der Waals surface area (Å²) in [4.78, 5) is 18.3. The Hall–Kier alpha value is -4.02. The quantitative estimate of drug-likeness (QED) is 0.558. The molecule has 2 N–H and O–H groups in total. The van der Waals surface area contributed by atoms with Crippen molar-refractivity contribution in [3.63, 3.8) is 0 Å². The standard InChI is InChI=1S/C21H21F3N8O3/c22-21(23,24)35-15-3-4-16(12-1-2-12)17(6-15)19-29-30-20(34-19)18(33)28-13-5-14(31(7-13)9-25)8-32-11-26-10-27-32/h3-4,6,10-14,20,30H,1-2,5,7-8H2,(H,28,33)/t13-,14+,20?/m1/s1. The first-order valence-electron chi connectivity index (χ1n) is 11.0. The minimum atomic E-state index is -4.83. The molecule has 2 fully saturated rings. The molecule has 0 radical (unpaired) electrons. The molecule has 5 rings (SSSR count). The van der Waals surface area contributed by atoms with E-state index >= 15 is 0 Å². The number of alkyl halides is 3. The van der Waals surface area contributed by atoms with Crippen LogP contribution in [0.4, 0.5) is 13.2 Å². The minimum Gasteiger partial charge on any atom is -0.441 e. The zero-order valence-electron chi connectivity index (χ0n) is 18.3. The van der Waals surface area contributed by atoms with Crippen LogP contribution in [0.2, 0.25) is 0 Å². The summed E-state index contributed by atoms with van der Waals surface area (Å²) in [5, 5.41) is 20.4. The summed E-state index contributed by atoms with van der Waals surface area (Å²) >= 11 is 0. The summed E-state index contributed by atoms with van der Waals surface area (Å²) in [6.07, 6.45) is 1.44. The molecule has 2 aliphatic heterocycles. The van der Waals surface area contributed by atoms with E-state index in [4.69, 9.17) is 4.74 Å². The highest BCUT2D eigenvalue weighted by atomic mass is 19.4. The number of hydrogen-bond acceptors (Lipinski definition) is 9. The number of nitrogens with one attached hydrogen (secondary N) is 2. The Morgan fingerprint density at radius 2 is 2.20 bits per heavy atom. The third-order valence-corrected chi connectivity index (χ3v) is 6.01. The van der Waals surface area contributed by atoms with E-state index in [2.05, 4.69) is 36.9 Å². The molecule has 11 nitrogen and oxygen atoms in total. The van der Waals surface area contributed by atoms with Crippen molar-refractivity contribution in [1.29, 1.82) is 5.26 Å². The van der Waals surface area contributed by atoms with Gasteiger partial charge in [-0.25, -0.2) is 4.98 Å². The van der Waals surface area contributed by atoms with E-state index < -0.39 is 24.2 Å².